The van der Waals surface area contributed by atoms with Crippen molar-refractivity contribution in [1.29, 1.82) is 0 Å². The van der Waals surface area contributed by atoms with Gasteiger partial charge in [-0.2, -0.15) is 0 Å². The summed E-state index contributed by atoms with van der Waals surface area (Å²) in [5.74, 6) is -0.509. The lowest BCUT2D eigenvalue weighted by Gasteiger charge is -2.11. The lowest BCUT2D eigenvalue weighted by molar-refractivity contribution is -0.138. The molecule has 4 N–H and O–H groups in total. The molecule has 0 fully saturated rings. The highest BCUT2D eigenvalue weighted by atomic mass is 16.6. The molecule has 6 nitrogen and oxygen atoms in total. The van der Waals surface area contributed by atoms with Crippen LogP contribution in [-0.2, 0) is 15.9 Å². The van der Waals surface area contributed by atoms with Crippen molar-refractivity contribution in [1.82, 2.24) is 0 Å². The molecule has 2 rings (SSSR count). The van der Waals surface area contributed by atoms with Crippen LogP contribution >= 0.6 is 0 Å². The molecule has 0 aliphatic carbocycles. The van der Waals surface area contributed by atoms with Crippen molar-refractivity contribution in [3.05, 3.63) is 23.8 Å². The molecule has 18 heavy (non-hydrogen) atoms. The minimum Gasteiger partial charge on any atom is -0.492 e. The summed E-state index contributed by atoms with van der Waals surface area (Å²) in [4.78, 5) is 10.7. The lowest BCUT2D eigenvalue weighted by atomic mass is 9.77. The number of fused-ring (bicyclic) bond motifs is 1. The van der Waals surface area contributed by atoms with Gasteiger partial charge in [-0.05, 0) is 18.1 Å². The zero-order valence-electron chi connectivity index (χ0n) is 9.70. The van der Waals surface area contributed by atoms with Crippen LogP contribution in [0.2, 0.25) is 0 Å². The molecule has 1 aromatic rings. The smallest absolute Gasteiger partial charge is 0.492 e. The van der Waals surface area contributed by atoms with Gasteiger partial charge in [0.2, 0.25) is 0 Å². The molecule has 0 aromatic heterocycles. The number of carbonyl (C=O) groups is 1. The highest BCUT2D eigenvalue weighted by Gasteiger charge is 2.25. The number of hydrogen-bond acceptors (Lipinski definition) is 5. The Labute approximate surface area is 104 Å². The molecule has 0 spiro atoms. The monoisotopic (exact) mass is 251 g/mol. The van der Waals surface area contributed by atoms with Gasteiger partial charge in [0.15, 0.2) is 0 Å². The number of nitrogens with two attached hydrogens (primary N) is 1. The van der Waals surface area contributed by atoms with Crippen LogP contribution in [0.25, 0.3) is 0 Å². The van der Waals surface area contributed by atoms with Gasteiger partial charge in [0.1, 0.15) is 18.4 Å². The fraction of sp³-hybridized carbons (Fsp3) is 0.364. The third-order valence-corrected chi connectivity index (χ3v) is 2.73. The molecular weight excluding hydrogens is 237 g/mol. The number of benzene rings is 1. The Morgan fingerprint density at radius 3 is 3.00 bits per heavy atom. The third kappa shape index (κ3) is 2.81. The highest BCUT2D eigenvalue weighted by Crippen LogP contribution is 2.14. The van der Waals surface area contributed by atoms with Gasteiger partial charge in [-0.25, -0.2) is 0 Å². The van der Waals surface area contributed by atoms with Crippen LogP contribution in [0.4, 0.5) is 0 Å². The molecule has 1 aliphatic heterocycles. The lowest BCUT2D eigenvalue weighted by Crippen LogP contribution is -2.35. The molecule has 0 bridgehead atoms. The molecule has 0 radical (unpaired) electrons. The summed E-state index contributed by atoms with van der Waals surface area (Å²) in [5, 5.41) is 18.5. The summed E-state index contributed by atoms with van der Waals surface area (Å²) >= 11 is 0. The molecule has 1 aliphatic rings. The zero-order chi connectivity index (χ0) is 13.1. The van der Waals surface area contributed by atoms with E-state index < -0.39 is 19.1 Å². The Kier molecular flexibility index (Phi) is 3.85. The average Bonchev–Trinajstić information content (AvgIpc) is 2.52. The fourth-order valence-electron chi connectivity index (χ4n) is 1.79. The molecule has 0 saturated carbocycles. The number of aliphatic carboxylic acids is 1. The maximum Gasteiger partial charge on any atom is 0.495 e. The van der Waals surface area contributed by atoms with E-state index in [1.54, 1.807) is 18.2 Å². The SMILES string of the molecule is NC(Cc1ccc2c(c1)B(O)OCCO2)C(=O)O. The van der Waals surface area contributed by atoms with Gasteiger partial charge in [-0.1, -0.05) is 12.1 Å². The Morgan fingerprint density at radius 1 is 1.50 bits per heavy atom. The van der Waals surface area contributed by atoms with E-state index in [4.69, 9.17) is 20.2 Å². The van der Waals surface area contributed by atoms with Crippen molar-refractivity contribution in [2.24, 2.45) is 5.73 Å². The number of carboxylic acid groups (broad SMARTS) is 1. The number of rotatable bonds is 3. The van der Waals surface area contributed by atoms with Crippen molar-refractivity contribution >= 4 is 18.6 Å². The van der Waals surface area contributed by atoms with Crippen LogP contribution in [-0.4, -0.2) is 42.5 Å². The number of carboxylic acids is 1. The van der Waals surface area contributed by atoms with Crippen LogP contribution in [0.1, 0.15) is 5.56 Å². The molecule has 1 atom stereocenters. The van der Waals surface area contributed by atoms with E-state index in [1.807, 2.05) is 0 Å². The predicted molar refractivity (Wildman–Crippen MR) is 64.8 cm³/mol. The molecule has 0 amide bonds. The van der Waals surface area contributed by atoms with E-state index in [1.165, 1.54) is 0 Å². The van der Waals surface area contributed by atoms with Crippen molar-refractivity contribution in [3.63, 3.8) is 0 Å². The van der Waals surface area contributed by atoms with Crippen LogP contribution in [0.3, 0.4) is 0 Å². The van der Waals surface area contributed by atoms with E-state index in [0.29, 0.717) is 24.4 Å². The molecule has 1 unspecified atom stereocenters. The van der Waals surface area contributed by atoms with E-state index >= 15 is 0 Å². The minimum atomic E-state index is -1.06. The molecular formula is C11H14BNO5. The van der Waals surface area contributed by atoms with Gasteiger partial charge < -0.3 is 25.3 Å². The van der Waals surface area contributed by atoms with Crippen LogP contribution in [0.15, 0.2) is 18.2 Å². The maximum atomic E-state index is 10.7. The number of ether oxygens (including phenoxy) is 1. The van der Waals surface area contributed by atoms with E-state index in [0.717, 1.165) is 5.56 Å². The molecule has 0 saturated heterocycles. The minimum absolute atomic E-state index is 0.190. The second kappa shape index (κ2) is 5.39. The van der Waals surface area contributed by atoms with Crippen LogP contribution < -0.4 is 15.9 Å². The maximum absolute atomic E-state index is 10.7. The van der Waals surface area contributed by atoms with Crippen LogP contribution in [0.5, 0.6) is 5.75 Å². The van der Waals surface area contributed by atoms with Gasteiger partial charge in [0, 0.05) is 5.46 Å². The Bertz CT molecular complexity index is 453. The average molecular weight is 251 g/mol. The second-order valence-electron chi connectivity index (χ2n) is 4.09. The summed E-state index contributed by atoms with van der Waals surface area (Å²) < 4.78 is 10.5. The first-order chi connectivity index (χ1) is 8.58. The standard InChI is InChI=1S/C11H14BNO5/c13-9(11(14)15)6-7-1-2-10-8(5-7)12(16)18-4-3-17-10/h1-2,5,9,16H,3-4,6,13H2,(H,14,15). The molecule has 1 aromatic carbocycles. The molecule has 1 heterocycles. The normalized spacial score (nSPS) is 16.4. The number of hydrogen-bond donors (Lipinski definition) is 3. The van der Waals surface area contributed by atoms with Gasteiger partial charge >= 0.3 is 13.1 Å². The Morgan fingerprint density at radius 2 is 2.28 bits per heavy atom. The Hall–Kier alpha value is -1.57. The Balaban J connectivity index is 2.22. The fourth-order valence-corrected chi connectivity index (χ4v) is 1.79. The van der Waals surface area contributed by atoms with Crippen molar-refractivity contribution in [3.8, 4) is 5.75 Å². The van der Waals surface area contributed by atoms with E-state index in [-0.39, 0.29) is 6.42 Å². The van der Waals surface area contributed by atoms with Crippen molar-refractivity contribution in [2.45, 2.75) is 12.5 Å². The summed E-state index contributed by atoms with van der Waals surface area (Å²) in [6.45, 7) is 0.678. The van der Waals surface area contributed by atoms with Crippen molar-refractivity contribution < 1.29 is 24.3 Å². The zero-order valence-corrected chi connectivity index (χ0v) is 9.70. The van der Waals surface area contributed by atoms with Crippen LogP contribution in [0, 0.1) is 0 Å². The van der Waals surface area contributed by atoms with Gasteiger partial charge in [-0.15, -0.1) is 0 Å². The van der Waals surface area contributed by atoms with E-state index in [9.17, 15) is 9.82 Å². The van der Waals surface area contributed by atoms with Gasteiger partial charge in [-0.3, -0.25) is 4.79 Å². The first-order valence-electron chi connectivity index (χ1n) is 5.61. The van der Waals surface area contributed by atoms with Gasteiger partial charge in [0.25, 0.3) is 0 Å². The van der Waals surface area contributed by atoms with Crippen molar-refractivity contribution in [2.75, 3.05) is 13.2 Å². The summed E-state index contributed by atoms with van der Waals surface area (Å²) in [5.41, 5.74) is 6.69. The van der Waals surface area contributed by atoms with E-state index in [2.05, 4.69) is 0 Å². The molecule has 96 valence electrons. The molecule has 7 heteroatoms. The highest BCUT2D eigenvalue weighted by molar-refractivity contribution is 6.61. The first-order valence-corrected chi connectivity index (χ1v) is 5.61. The first kappa shape index (κ1) is 12.9. The summed E-state index contributed by atoms with van der Waals surface area (Å²) in [6.07, 6.45) is 0.190. The summed E-state index contributed by atoms with van der Waals surface area (Å²) in [6, 6.07) is 4.12. The largest absolute Gasteiger partial charge is 0.495 e. The van der Waals surface area contributed by atoms with Gasteiger partial charge in [0.05, 0.1) is 6.61 Å². The summed E-state index contributed by atoms with van der Waals surface area (Å²) in [7, 11) is -1.05. The third-order valence-electron chi connectivity index (χ3n) is 2.73. The second-order valence-corrected chi connectivity index (χ2v) is 4.09. The predicted octanol–water partition coefficient (Wildman–Crippen LogP) is -1.26. The topological polar surface area (TPSA) is 102 Å². The quantitative estimate of drug-likeness (QED) is 0.579.